The van der Waals surface area contributed by atoms with Crippen molar-refractivity contribution in [3.63, 3.8) is 0 Å². The van der Waals surface area contributed by atoms with E-state index in [1.165, 1.54) is 0 Å². The van der Waals surface area contributed by atoms with E-state index in [2.05, 4.69) is 10.4 Å². The van der Waals surface area contributed by atoms with E-state index in [9.17, 15) is 14.0 Å². The largest absolute Gasteiger partial charge is 0.480 e. The van der Waals surface area contributed by atoms with Gasteiger partial charge in [-0.05, 0) is 37.5 Å². The number of aliphatic carboxylic acids is 1. The molecule has 0 saturated carbocycles. The molecule has 1 aromatic heterocycles. The molecule has 0 fully saturated rings. The van der Waals surface area contributed by atoms with Crippen molar-refractivity contribution in [1.29, 1.82) is 0 Å². The number of amides is 1. The van der Waals surface area contributed by atoms with Crippen LogP contribution in [0, 0.1) is 0 Å². The molecule has 9 heteroatoms. The number of nitrogens with one attached hydrogen (secondary N) is 1. The third-order valence-corrected chi connectivity index (χ3v) is 4.58. The van der Waals surface area contributed by atoms with Gasteiger partial charge in [0.15, 0.2) is 11.7 Å². The van der Waals surface area contributed by atoms with E-state index in [-0.39, 0.29) is 5.69 Å². The lowest BCUT2D eigenvalue weighted by Gasteiger charge is -2.10. The molecule has 1 aliphatic rings. The topological polar surface area (TPSA) is 84.2 Å². The first-order valence-electron chi connectivity index (χ1n) is 7.58. The lowest BCUT2D eigenvalue weighted by atomic mass is 10.2. The highest BCUT2D eigenvalue weighted by atomic mass is 35.5. The summed E-state index contributed by atoms with van der Waals surface area (Å²) in [5, 5.41) is 16.2. The summed E-state index contributed by atoms with van der Waals surface area (Å²) in [6.45, 7) is -1.20. The van der Waals surface area contributed by atoms with E-state index in [1.54, 1.807) is 22.9 Å². The highest BCUT2D eigenvalue weighted by molar-refractivity contribution is 6.35. The Morgan fingerprint density at radius 3 is 2.76 bits per heavy atom. The zero-order valence-corrected chi connectivity index (χ0v) is 14.4. The van der Waals surface area contributed by atoms with E-state index in [0.717, 1.165) is 17.7 Å². The van der Waals surface area contributed by atoms with Crippen molar-refractivity contribution in [2.24, 2.45) is 0 Å². The van der Waals surface area contributed by atoms with Crippen LogP contribution in [0.25, 0.3) is 5.69 Å². The smallest absolute Gasteiger partial charge is 0.328 e. The minimum absolute atomic E-state index is 0.0956. The van der Waals surface area contributed by atoms with E-state index in [4.69, 9.17) is 28.3 Å². The third kappa shape index (κ3) is 3.34. The Labute approximate surface area is 152 Å². The molecule has 1 atom stereocenters. The summed E-state index contributed by atoms with van der Waals surface area (Å²) in [5.41, 5.74) is 2.23. The van der Waals surface area contributed by atoms with Gasteiger partial charge < -0.3 is 10.4 Å². The molecule has 0 bridgehead atoms. The van der Waals surface area contributed by atoms with Gasteiger partial charge in [0.05, 0.1) is 10.7 Å². The average Bonchev–Trinajstić information content (AvgIpc) is 3.15. The fraction of sp³-hybridized carbons (Fsp3) is 0.312. The number of benzene rings is 1. The molecule has 3 rings (SSSR count). The van der Waals surface area contributed by atoms with Gasteiger partial charge in [-0.3, -0.25) is 4.79 Å². The maximum absolute atomic E-state index is 12.8. The lowest BCUT2D eigenvalue weighted by Crippen LogP contribution is -2.42. The molecule has 0 aliphatic heterocycles. The average molecular weight is 386 g/mol. The number of nitrogens with zero attached hydrogens (tertiary/aromatic N) is 2. The number of rotatable bonds is 5. The summed E-state index contributed by atoms with van der Waals surface area (Å²) in [7, 11) is 0. The molecule has 2 N–H and O–H groups in total. The van der Waals surface area contributed by atoms with Crippen LogP contribution in [0.1, 0.15) is 28.2 Å². The third-order valence-electron chi connectivity index (χ3n) is 4.04. The van der Waals surface area contributed by atoms with Crippen molar-refractivity contribution >= 4 is 35.1 Å². The van der Waals surface area contributed by atoms with Crippen LogP contribution in [-0.4, -0.2) is 39.5 Å². The normalized spacial score (nSPS) is 14.2. The zero-order valence-electron chi connectivity index (χ0n) is 12.9. The van der Waals surface area contributed by atoms with Gasteiger partial charge in [-0.1, -0.05) is 23.2 Å². The van der Waals surface area contributed by atoms with Crippen molar-refractivity contribution in [1.82, 2.24) is 15.1 Å². The summed E-state index contributed by atoms with van der Waals surface area (Å²) in [5.74, 6) is -2.15. The molecule has 0 radical (unpaired) electrons. The Morgan fingerprint density at radius 2 is 2.12 bits per heavy atom. The Morgan fingerprint density at radius 1 is 1.36 bits per heavy atom. The molecule has 132 valence electrons. The number of alkyl halides is 1. The van der Waals surface area contributed by atoms with Crippen molar-refractivity contribution in [3.05, 3.63) is 45.2 Å². The number of carboxylic acid groups (broad SMARTS) is 1. The number of carbonyl (C=O) groups is 2. The van der Waals surface area contributed by atoms with Crippen LogP contribution >= 0.6 is 23.2 Å². The fourth-order valence-corrected chi connectivity index (χ4v) is 3.35. The molecule has 6 nitrogen and oxygen atoms in total. The molecule has 0 spiro atoms. The van der Waals surface area contributed by atoms with Gasteiger partial charge in [-0.25, -0.2) is 13.9 Å². The Bertz CT molecular complexity index is 853. The molecule has 0 saturated heterocycles. The molecular formula is C16H14Cl2FN3O3. The van der Waals surface area contributed by atoms with Crippen LogP contribution in [0.4, 0.5) is 4.39 Å². The first kappa shape index (κ1) is 17.7. The van der Waals surface area contributed by atoms with Crippen LogP contribution in [0.3, 0.4) is 0 Å². The van der Waals surface area contributed by atoms with Gasteiger partial charge in [0, 0.05) is 16.3 Å². The summed E-state index contributed by atoms with van der Waals surface area (Å²) >= 11 is 12.1. The second-order valence-corrected chi connectivity index (χ2v) is 6.50. The minimum atomic E-state index is -1.60. The molecule has 1 aliphatic carbocycles. The van der Waals surface area contributed by atoms with E-state index >= 15 is 0 Å². The first-order chi connectivity index (χ1) is 11.9. The van der Waals surface area contributed by atoms with Crippen LogP contribution in [0.15, 0.2) is 18.2 Å². The van der Waals surface area contributed by atoms with Crippen LogP contribution in [0.5, 0.6) is 0 Å². The van der Waals surface area contributed by atoms with E-state index in [0.29, 0.717) is 28.6 Å². The number of carboxylic acids is 1. The minimum Gasteiger partial charge on any atom is -0.480 e. The second-order valence-electron chi connectivity index (χ2n) is 5.65. The molecular weight excluding hydrogens is 372 g/mol. The van der Waals surface area contributed by atoms with Crippen molar-refractivity contribution in [3.8, 4) is 5.69 Å². The lowest BCUT2D eigenvalue weighted by molar-refractivity contribution is -0.139. The molecule has 1 amide bonds. The SMILES string of the molecule is O=C(NC(CF)C(=O)O)c1nn(-c2ccc(Cl)cc2Cl)c2c1CCC2. The number of hydrogen-bond acceptors (Lipinski definition) is 3. The van der Waals surface area contributed by atoms with Crippen LogP contribution < -0.4 is 5.32 Å². The van der Waals surface area contributed by atoms with Gasteiger partial charge in [0.1, 0.15) is 6.67 Å². The highest BCUT2D eigenvalue weighted by Gasteiger charge is 2.30. The van der Waals surface area contributed by atoms with Crippen LogP contribution in [-0.2, 0) is 17.6 Å². The maximum Gasteiger partial charge on any atom is 0.328 e. The number of carbonyl (C=O) groups excluding carboxylic acids is 1. The molecule has 2 aromatic rings. The Balaban J connectivity index is 2.00. The second kappa shape index (κ2) is 7.01. The van der Waals surface area contributed by atoms with Gasteiger partial charge in [-0.15, -0.1) is 0 Å². The summed E-state index contributed by atoms with van der Waals surface area (Å²) in [6, 6.07) is 3.33. The summed E-state index contributed by atoms with van der Waals surface area (Å²) < 4.78 is 14.3. The Kier molecular flexibility index (Phi) is 4.96. The molecule has 25 heavy (non-hydrogen) atoms. The summed E-state index contributed by atoms with van der Waals surface area (Å²) in [6.07, 6.45) is 2.18. The predicted octanol–water partition coefficient (Wildman–Crippen LogP) is 2.82. The van der Waals surface area contributed by atoms with E-state index < -0.39 is 24.6 Å². The Hall–Kier alpha value is -2.12. The van der Waals surface area contributed by atoms with Gasteiger partial charge in [0.2, 0.25) is 0 Å². The molecule has 1 aromatic carbocycles. The van der Waals surface area contributed by atoms with Gasteiger partial charge in [-0.2, -0.15) is 5.10 Å². The molecule has 1 unspecified atom stereocenters. The first-order valence-corrected chi connectivity index (χ1v) is 8.33. The van der Waals surface area contributed by atoms with E-state index in [1.807, 2.05) is 0 Å². The molecule has 1 heterocycles. The number of halogens is 3. The quantitative estimate of drug-likeness (QED) is 0.828. The monoisotopic (exact) mass is 385 g/mol. The number of fused-ring (bicyclic) bond motifs is 1. The van der Waals surface area contributed by atoms with Crippen molar-refractivity contribution in [2.75, 3.05) is 6.67 Å². The maximum atomic E-state index is 12.8. The zero-order chi connectivity index (χ0) is 18.1. The van der Waals surface area contributed by atoms with Gasteiger partial charge in [0.25, 0.3) is 5.91 Å². The predicted molar refractivity (Wildman–Crippen MR) is 90.5 cm³/mol. The number of hydrogen-bond donors (Lipinski definition) is 2. The van der Waals surface area contributed by atoms with Crippen LogP contribution in [0.2, 0.25) is 10.0 Å². The van der Waals surface area contributed by atoms with Crippen molar-refractivity contribution in [2.45, 2.75) is 25.3 Å². The summed E-state index contributed by atoms with van der Waals surface area (Å²) in [4.78, 5) is 23.3. The fourth-order valence-electron chi connectivity index (χ4n) is 2.86. The van der Waals surface area contributed by atoms with Crippen molar-refractivity contribution < 1.29 is 19.1 Å². The standard InChI is InChI=1S/C16H14Cl2FN3O3/c17-8-4-5-13(10(18)6-8)22-12-3-1-2-9(12)14(21-22)15(23)20-11(7-19)16(24)25/h4-6,11H,1-3,7H2,(H,20,23)(H,24,25). The highest BCUT2D eigenvalue weighted by Crippen LogP contribution is 2.31. The van der Waals surface area contributed by atoms with Gasteiger partial charge >= 0.3 is 5.97 Å². The number of aromatic nitrogens is 2.